The summed E-state index contributed by atoms with van der Waals surface area (Å²) in [5, 5.41) is 13.3. The first kappa shape index (κ1) is 10.8. The van der Waals surface area contributed by atoms with Crippen molar-refractivity contribution in [2.45, 2.75) is 6.92 Å². The van der Waals surface area contributed by atoms with Crippen LogP contribution in [0.4, 0.5) is 0 Å². The Balaban J connectivity index is 2.37. The van der Waals surface area contributed by atoms with Crippen molar-refractivity contribution < 1.29 is 4.79 Å². The number of hydrogen-bond acceptors (Lipinski definition) is 5. The zero-order valence-electron chi connectivity index (χ0n) is 8.35. The predicted octanol–water partition coefficient (Wildman–Crippen LogP) is 2.39. The van der Waals surface area contributed by atoms with E-state index in [0.29, 0.717) is 10.6 Å². The van der Waals surface area contributed by atoms with Crippen molar-refractivity contribution in [2.75, 3.05) is 0 Å². The maximum absolute atomic E-state index is 11.5. The number of nitrogens with zero attached hydrogens (tertiary/aromatic N) is 2. The Bertz CT molecular complexity index is 551. The first-order valence-corrected chi connectivity index (χ1v) is 6.12. The van der Waals surface area contributed by atoms with Crippen molar-refractivity contribution in [1.29, 1.82) is 5.26 Å². The summed E-state index contributed by atoms with van der Waals surface area (Å²) in [6.45, 7) is 1.76. The van der Waals surface area contributed by atoms with Crippen LogP contribution in [0.2, 0.25) is 0 Å². The number of aromatic nitrogens is 1. The third-order valence-corrected chi connectivity index (χ3v) is 4.10. The number of thiazole rings is 1. The number of nitriles is 1. The molecule has 0 fully saturated rings. The van der Waals surface area contributed by atoms with Crippen molar-refractivity contribution in [1.82, 2.24) is 10.3 Å². The minimum atomic E-state index is -0.389. The fourth-order valence-electron chi connectivity index (χ4n) is 1.22. The van der Waals surface area contributed by atoms with Gasteiger partial charge in [0.25, 0.3) is 5.91 Å². The number of thiophene rings is 1. The van der Waals surface area contributed by atoms with Gasteiger partial charge in [0.05, 0.1) is 10.6 Å². The molecule has 0 aromatic carbocycles. The molecule has 0 aliphatic heterocycles. The average Bonchev–Trinajstić information content (AvgIpc) is 2.86. The standard InChI is InChI=1S/C10H7N3OS2/c1-6-8(9(14)12-5-11)16-10(13-6)7-3-2-4-15-7/h2-4H,1H3,(H,12,14). The van der Waals surface area contributed by atoms with Crippen molar-refractivity contribution in [3.63, 3.8) is 0 Å². The van der Waals surface area contributed by atoms with Gasteiger partial charge in [-0.1, -0.05) is 6.07 Å². The highest BCUT2D eigenvalue weighted by atomic mass is 32.1. The van der Waals surface area contributed by atoms with Crippen molar-refractivity contribution >= 4 is 28.6 Å². The third kappa shape index (κ3) is 1.96. The van der Waals surface area contributed by atoms with Gasteiger partial charge < -0.3 is 0 Å². The molecule has 0 unspecified atom stereocenters. The van der Waals surface area contributed by atoms with Gasteiger partial charge in [0.15, 0.2) is 6.19 Å². The van der Waals surface area contributed by atoms with Gasteiger partial charge in [0.2, 0.25) is 0 Å². The summed E-state index contributed by atoms with van der Waals surface area (Å²) >= 11 is 2.88. The predicted molar refractivity (Wildman–Crippen MR) is 63.2 cm³/mol. The van der Waals surface area contributed by atoms with Gasteiger partial charge in [0, 0.05) is 0 Å². The Labute approximate surface area is 100 Å². The largest absolute Gasteiger partial charge is 0.276 e. The molecule has 0 aliphatic carbocycles. The molecule has 1 N–H and O–H groups in total. The minimum absolute atomic E-state index is 0.389. The molecule has 1 amide bonds. The molecule has 0 bridgehead atoms. The quantitative estimate of drug-likeness (QED) is 0.656. The summed E-state index contributed by atoms with van der Waals surface area (Å²) in [6.07, 6.45) is 1.62. The molecule has 0 atom stereocenters. The van der Waals surface area contributed by atoms with E-state index in [1.807, 2.05) is 17.5 Å². The molecule has 0 aliphatic rings. The lowest BCUT2D eigenvalue weighted by atomic mass is 10.4. The van der Waals surface area contributed by atoms with Gasteiger partial charge >= 0.3 is 0 Å². The van der Waals surface area contributed by atoms with Gasteiger partial charge in [-0.05, 0) is 18.4 Å². The van der Waals surface area contributed by atoms with E-state index in [0.717, 1.165) is 9.88 Å². The zero-order valence-corrected chi connectivity index (χ0v) is 9.98. The molecule has 2 aromatic heterocycles. The van der Waals surface area contributed by atoms with E-state index in [9.17, 15) is 4.79 Å². The number of hydrogen-bond donors (Lipinski definition) is 1. The van der Waals surface area contributed by atoms with Gasteiger partial charge in [-0.15, -0.1) is 22.7 Å². The smallest absolute Gasteiger partial charge is 0.267 e. The number of rotatable bonds is 2. The lowest BCUT2D eigenvalue weighted by Gasteiger charge is -1.91. The summed E-state index contributed by atoms with van der Waals surface area (Å²) in [5.41, 5.74) is 0.654. The lowest BCUT2D eigenvalue weighted by Crippen LogP contribution is -2.16. The second-order valence-electron chi connectivity index (χ2n) is 2.98. The van der Waals surface area contributed by atoms with Crippen LogP contribution in [-0.4, -0.2) is 10.9 Å². The molecule has 0 spiro atoms. The fraction of sp³-hybridized carbons (Fsp3) is 0.100. The Morgan fingerprint density at radius 3 is 3.06 bits per heavy atom. The second-order valence-corrected chi connectivity index (χ2v) is 4.92. The maximum Gasteiger partial charge on any atom is 0.276 e. The molecule has 16 heavy (non-hydrogen) atoms. The Morgan fingerprint density at radius 1 is 1.62 bits per heavy atom. The van der Waals surface area contributed by atoms with Crippen LogP contribution in [0.15, 0.2) is 17.5 Å². The molecule has 2 rings (SSSR count). The molecule has 2 aromatic rings. The molecular formula is C10H7N3OS2. The highest BCUT2D eigenvalue weighted by Crippen LogP contribution is 2.30. The van der Waals surface area contributed by atoms with Crippen LogP contribution in [-0.2, 0) is 0 Å². The van der Waals surface area contributed by atoms with E-state index < -0.39 is 0 Å². The van der Waals surface area contributed by atoms with E-state index in [4.69, 9.17) is 5.26 Å². The highest BCUT2D eigenvalue weighted by Gasteiger charge is 2.15. The molecule has 0 saturated heterocycles. The monoisotopic (exact) mass is 249 g/mol. The van der Waals surface area contributed by atoms with Crippen molar-refractivity contribution in [2.24, 2.45) is 0 Å². The van der Waals surface area contributed by atoms with Crippen LogP contribution >= 0.6 is 22.7 Å². The number of aryl methyl sites for hydroxylation is 1. The first-order valence-electron chi connectivity index (χ1n) is 4.43. The average molecular weight is 249 g/mol. The maximum atomic E-state index is 11.5. The highest BCUT2D eigenvalue weighted by molar-refractivity contribution is 7.22. The van der Waals surface area contributed by atoms with Crippen LogP contribution in [0, 0.1) is 18.4 Å². The Kier molecular flexibility index (Phi) is 2.99. The van der Waals surface area contributed by atoms with E-state index in [-0.39, 0.29) is 5.91 Å². The van der Waals surface area contributed by atoms with E-state index in [2.05, 4.69) is 10.3 Å². The van der Waals surface area contributed by atoms with E-state index >= 15 is 0 Å². The minimum Gasteiger partial charge on any atom is -0.267 e. The van der Waals surface area contributed by atoms with Crippen molar-refractivity contribution in [3.8, 4) is 16.1 Å². The van der Waals surface area contributed by atoms with Crippen LogP contribution in [0.1, 0.15) is 15.4 Å². The van der Waals surface area contributed by atoms with E-state index in [1.165, 1.54) is 11.3 Å². The van der Waals surface area contributed by atoms with Crippen LogP contribution in [0.3, 0.4) is 0 Å². The van der Waals surface area contributed by atoms with E-state index in [1.54, 1.807) is 24.5 Å². The van der Waals surface area contributed by atoms with Crippen LogP contribution < -0.4 is 5.32 Å². The normalized spacial score (nSPS) is 9.75. The van der Waals surface area contributed by atoms with Gasteiger partial charge in [0.1, 0.15) is 9.88 Å². The third-order valence-electron chi connectivity index (χ3n) is 1.90. The topological polar surface area (TPSA) is 65.8 Å². The van der Waals surface area contributed by atoms with Crippen molar-refractivity contribution in [3.05, 3.63) is 28.1 Å². The molecule has 0 radical (unpaired) electrons. The molecule has 4 nitrogen and oxygen atoms in total. The number of amides is 1. The second kappa shape index (κ2) is 4.43. The number of carbonyl (C=O) groups is 1. The first-order chi connectivity index (χ1) is 7.72. The number of carbonyl (C=O) groups excluding carboxylic acids is 1. The Morgan fingerprint density at radius 2 is 2.44 bits per heavy atom. The zero-order chi connectivity index (χ0) is 11.5. The number of nitrogens with one attached hydrogen (secondary N) is 1. The van der Waals surface area contributed by atoms with Gasteiger partial charge in [-0.2, -0.15) is 5.26 Å². The Hall–Kier alpha value is -1.71. The fourth-order valence-corrected chi connectivity index (χ4v) is 2.98. The lowest BCUT2D eigenvalue weighted by molar-refractivity contribution is 0.0976. The molecule has 2 heterocycles. The summed E-state index contributed by atoms with van der Waals surface area (Å²) in [4.78, 5) is 17.3. The summed E-state index contributed by atoms with van der Waals surface area (Å²) in [7, 11) is 0. The summed E-state index contributed by atoms with van der Waals surface area (Å²) in [6, 6.07) is 3.89. The van der Waals surface area contributed by atoms with Crippen LogP contribution in [0.5, 0.6) is 0 Å². The SMILES string of the molecule is Cc1nc(-c2cccs2)sc1C(=O)NC#N. The molecule has 0 saturated carbocycles. The summed E-state index contributed by atoms with van der Waals surface area (Å²) < 4.78 is 0. The van der Waals surface area contributed by atoms with Gasteiger partial charge in [-0.3, -0.25) is 10.1 Å². The van der Waals surface area contributed by atoms with Crippen LogP contribution in [0.25, 0.3) is 9.88 Å². The van der Waals surface area contributed by atoms with Gasteiger partial charge in [-0.25, -0.2) is 4.98 Å². The molecular weight excluding hydrogens is 242 g/mol. The molecule has 80 valence electrons. The summed E-state index contributed by atoms with van der Waals surface area (Å²) in [5.74, 6) is -0.389. The molecule has 6 heteroatoms.